The third-order valence-electron chi connectivity index (χ3n) is 3.79. The molecule has 0 fully saturated rings. The Kier molecular flexibility index (Phi) is 4.66. The lowest BCUT2D eigenvalue weighted by Crippen LogP contribution is -2.27. The van der Waals surface area contributed by atoms with E-state index in [9.17, 15) is 9.59 Å². The van der Waals surface area contributed by atoms with E-state index >= 15 is 0 Å². The molecule has 118 valence electrons. The molecular formula is C17H21NO4. The van der Waals surface area contributed by atoms with Crippen molar-refractivity contribution < 1.29 is 19.1 Å². The van der Waals surface area contributed by atoms with Crippen LogP contribution in [0.15, 0.2) is 22.6 Å². The van der Waals surface area contributed by atoms with Crippen LogP contribution in [0.25, 0.3) is 11.0 Å². The molecule has 22 heavy (non-hydrogen) atoms. The zero-order valence-corrected chi connectivity index (χ0v) is 13.3. The van der Waals surface area contributed by atoms with Crippen LogP contribution in [0.1, 0.15) is 39.8 Å². The van der Waals surface area contributed by atoms with Crippen LogP contribution in [0.3, 0.4) is 0 Å². The van der Waals surface area contributed by atoms with E-state index in [4.69, 9.17) is 9.52 Å². The first-order valence-corrected chi connectivity index (χ1v) is 7.30. The lowest BCUT2D eigenvalue weighted by Gasteiger charge is -2.19. The van der Waals surface area contributed by atoms with Crippen LogP contribution in [-0.4, -0.2) is 42.4 Å². The third kappa shape index (κ3) is 3.20. The Bertz CT molecular complexity index is 715. The molecule has 1 heterocycles. The van der Waals surface area contributed by atoms with Crippen molar-refractivity contribution in [2.45, 2.75) is 20.3 Å². The molecule has 0 saturated heterocycles. The van der Waals surface area contributed by atoms with Gasteiger partial charge in [-0.25, -0.2) is 4.79 Å². The van der Waals surface area contributed by atoms with E-state index < -0.39 is 5.97 Å². The number of benzene rings is 1. The van der Waals surface area contributed by atoms with Gasteiger partial charge >= 0.3 is 5.97 Å². The normalized spacial score (nSPS) is 12.8. The Labute approximate surface area is 129 Å². The maximum Gasteiger partial charge on any atom is 0.371 e. The van der Waals surface area contributed by atoms with Gasteiger partial charge in [-0.1, -0.05) is 6.92 Å². The molecule has 0 aliphatic heterocycles. The first-order valence-electron chi connectivity index (χ1n) is 7.30. The van der Waals surface area contributed by atoms with Crippen LogP contribution in [0.5, 0.6) is 0 Å². The van der Waals surface area contributed by atoms with Crippen LogP contribution in [0.4, 0.5) is 0 Å². The van der Waals surface area contributed by atoms with Gasteiger partial charge in [-0.15, -0.1) is 0 Å². The summed E-state index contributed by atoms with van der Waals surface area (Å²) < 4.78 is 5.28. The number of aromatic carboxylic acids is 1. The summed E-state index contributed by atoms with van der Waals surface area (Å²) in [5.74, 6) is -1.20. The number of carbonyl (C=O) groups is 2. The Morgan fingerprint density at radius 2 is 1.95 bits per heavy atom. The zero-order valence-electron chi connectivity index (χ0n) is 13.3. The molecular weight excluding hydrogens is 282 g/mol. The van der Waals surface area contributed by atoms with Crippen molar-refractivity contribution in [3.63, 3.8) is 0 Å². The second-order valence-electron chi connectivity index (χ2n) is 5.85. The molecule has 0 aliphatic rings. The van der Waals surface area contributed by atoms with E-state index in [2.05, 4.69) is 0 Å². The molecule has 0 bridgehead atoms. The molecule has 0 saturated carbocycles. The number of aryl methyl sites for hydroxylation is 1. The van der Waals surface area contributed by atoms with E-state index in [1.165, 1.54) is 6.07 Å². The number of carboxylic acid groups (broad SMARTS) is 1. The minimum atomic E-state index is -1.11. The molecule has 0 amide bonds. The van der Waals surface area contributed by atoms with E-state index in [1.807, 2.05) is 32.8 Å². The molecule has 1 atom stereocenters. The summed E-state index contributed by atoms with van der Waals surface area (Å²) in [7, 11) is 3.89. The van der Waals surface area contributed by atoms with Crippen LogP contribution in [-0.2, 0) is 0 Å². The van der Waals surface area contributed by atoms with Crippen molar-refractivity contribution in [3.8, 4) is 0 Å². The number of hydrogen-bond acceptors (Lipinski definition) is 4. The van der Waals surface area contributed by atoms with E-state index in [1.54, 1.807) is 12.1 Å². The fourth-order valence-corrected chi connectivity index (χ4v) is 2.62. The number of rotatable bonds is 6. The predicted octanol–water partition coefficient (Wildman–Crippen LogP) is 3.21. The van der Waals surface area contributed by atoms with Crippen LogP contribution in [0.2, 0.25) is 0 Å². The molecule has 2 rings (SSSR count). The highest BCUT2D eigenvalue weighted by atomic mass is 16.4. The molecule has 1 unspecified atom stereocenters. The maximum absolute atomic E-state index is 12.7. The van der Waals surface area contributed by atoms with Gasteiger partial charge in [-0.2, -0.15) is 0 Å². The van der Waals surface area contributed by atoms with Gasteiger partial charge in [0.1, 0.15) is 5.58 Å². The van der Waals surface area contributed by atoms with Gasteiger partial charge in [-0.3, -0.25) is 4.79 Å². The van der Waals surface area contributed by atoms with E-state index in [0.29, 0.717) is 23.1 Å². The molecule has 5 nitrogen and oxygen atoms in total. The average Bonchev–Trinajstić information content (AvgIpc) is 2.85. The standard InChI is InChI=1S/C17H21NO4/c1-5-11(9-18(3)4)16(19)13-7-12-8-15(17(20)21)22-14(12)6-10(13)2/h6-8,11H,5,9H2,1-4H3,(H,20,21). The molecule has 0 aliphatic carbocycles. The van der Waals surface area contributed by atoms with Gasteiger partial charge in [0, 0.05) is 23.4 Å². The highest BCUT2D eigenvalue weighted by molar-refractivity contribution is 6.03. The zero-order chi connectivity index (χ0) is 16.4. The lowest BCUT2D eigenvalue weighted by atomic mass is 9.91. The second kappa shape index (κ2) is 6.32. The number of nitrogens with zero attached hydrogens (tertiary/aromatic N) is 1. The highest BCUT2D eigenvalue weighted by Crippen LogP contribution is 2.26. The van der Waals surface area contributed by atoms with Crippen molar-refractivity contribution in [3.05, 3.63) is 35.1 Å². The van der Waals surface area contributed by atoms with Gasteiger partial charge in [0.2, 0.25) is 5.76 Å². The monoisotopic (exact) mass is 303 g/mol. The van der Waals surface area contributed by atoms with Gasteiger partial charge < -0.3 is 14.4 Å². The number of carboxylic acids is 1. The minimum absolute atomic E-state index is 0.0722. The summed E-state index contributed by atoms with van der Waals surface area (Å²) in [5, 5.41) is 9.64. The van der Waals surface area contributed by atoms with Crippen LogP contribution >= 0.6 is 0 Å². The minimum Gasteiger partial charge on any atom is -0.475 e. The lowest BCUT2D eigenvalue weighted by molar-refractivity contribution is 0.0664. The molecule has 2 aromatic rings. The van der Waals surface area contributed by atoms with Gasteiger partial charge in [-0.05, 0) is 51.2 Å². The SMILES string of the molecule is CCC(CN(C)C)C(=O)c1cc2cc(C(=O)O)oc2cc1C. The summed E-state index contributed by atoms with van der Waals surface area (Å²) in [5.41, 5.74) is 1.94. The molecule has 1 aromatic heterocycles. The first kappa shape index (κ1) is 16.2. The Balaban J connectivity index is 2.43. The molecule has 1 aromatic carbocycles. The first-order chi connectivity index (χ1) is 10.3. The Morgan fingerprint density at radius 3 is 2.50 bits per heavy atom. The van der Waals surface area contributed by atoms with Crippen molar-refractivity contribution in [2.24, 2.45) is 5.92 Å². The third-order valence-corrected chi connectivity index (χ3v) is 3.79. The number of hydrogen-bond donors (Lipinski definition) is 1. The summed E-state index contributed by atoms with van der Waals surface area (Å²) in [6.07, 6.45) is 0.764. The van der Waals surface area contributed by atoms with Crippen molar-refractivity contribution in [1.82, 2.24) is 4.90 Å². The van der Waals surface area contributed by atoms with E-state index in [-0.39, 0.29) is 17.5 Å². The van der Waals surface area contributed by atoms with Crippen LogP contribution < -0.4 is 0 Å². The fourth-order valence-electron chi connectivity index (χ4n) is 2.62. The maximum atomic E-state index is 12.7. The van der Waals surface area contributed by atoms with Gasteiger partial charge in [0.15, 0.2) is 5.78 Å². The van der Waals surface area contributed by atoms with Crippen molar-refractivity contribution in [1.29, 1.82) is 0 Å². The highest BCUT2D eigenvalue weighted by Gasteiger charge is 2.22. The molecule has 1 N–H and O–H groups in total. The number of ketones is 1. The average molecular weight is 303 g/mol. The summed E-state index contributed by atoms with van der Waals surface area (Å²) >= 11 is 0. The predicted molar refractivity (Wildman–Crippen MR) is 84.6 cm³/mol. The number of Topliss-reactive ketones (excluding diaryl/α,β-unsaturated/α-hetero) is 1. The second-order valence-corrected chi connectivity index (χ2v) is 5.85. The summed E-state index contributed by atoms with van der Waals surface area (Å²) in [6.45, 7) is 4.54. The number of fused-ring (bicyclic) bond motifs is 1. The van der Waals surface area contributed by atoms with Crippen molar-refractivity contribution in [2.75, 3.05) is 20.6 Å². The topological polar surface area (TPSA) is 70.8 Å². The van der Waals surface area contributed by atoms with E-state index in [0.717, 1.165) is 12.0 Å². The van der Waals surface area contributed by atoms with Crippen molar-refractivity contribution >= 4 is 22.7 Å². The number of furan rings is 1. The Hall–Kier alpha value is -2.14. The summed E-state index contributed by atoms with van der Waals surface area (Å²) in [6, 6.07) is 4.93. The molecule has 5 heteroatoms. The van der Waals surface area contributed by atoms with Gasteiger partial charge in [0.25, 0.3) is 0 Å². The number of carbonyl (C=O) groups excluding carboxylic acids is 1. The quantitative estimate of drug-likeness (QED) is 0.830. The summed E-state index contributed by atoms with van der Waals surface area (Å²) in [4.78, 5) is 25.7. The molecule has 0 spiro atoms. The molecule has 0 radical (unpaired) electrons. The largest absolute Gasteiger partial charge is 0.475 e. The smallest absolute Gasteiger partial charge is 0.371 e. The Morgan fingerprint density at radius 1 is 1.27 bits per heavy atom. The van der Waals surface area contributed by atoms with Gasteiger partial charge in [0.05, 0.1) is 0 Å². The fraction of sp³-hybridized carbons (Fsp3) is 0.412. The van der Waals surface area contributed by atoms with Crippen LogP contribution in [0, 0.1) is 12.8 Å².